The van der Waals surface area contributed by atoms with Crippen molar-refractivity contribution in [2.45, 2.75) is 77.3 Å². The van der Waals surface area contributed by atoms with Crippen LogP contribution in [0.2, 0.25) is 0 Å². The van der Waals surface area contributed by atoms with Crippen molar-refractivity contribution in [3.63, 3.8) is 0 Å². The van der Waals surface area contributed by atoms with E-state index in [1.165, 1.54) is 90.8 Å². The number of hydrogen-bond acceptors (Lipinski definition) is 4. The number of aliphatic imine (C=N–C) groups is 1. The topological polar surface area (TPSA) is 46.1 Å². The first-order valence-corrected chi connectivity index (χ1v) is 12.7. The van der Waals surface area contributed by atoms with Gasteiger partial charge in [-0.15, -0.1) is 0 Å². The predicted octanol–water partition coefficient (Wildman–Crippen LogP) is 2.61. The van der Waals surface area contributed by atoms with Crippen molar-refractivity contribution < 1.29 is 0 Å². The van der Waals surface area contributed by atoms with E-state index in [1.807, 2.05) is 0 Å². The lowest BCUT2D eigenvalue weighted by molar-refractivity contribution is 0.0208. The van der Waals surface area contributed by atoms with Crippen LogP contribution in [0, 0.1) is 5.92 Å². The highest BCUT2D eigenvalue weighted by Crippen LogP contribution is 2.31. The van der Waals surface area contributed by atoms with E-state index in [0.29, 0.717) is 6.04 Å². The summed E-state index contributed by atoms with van der Waals surface area (Å²) in [5.74, 6) is 1.80. The summed E-state index contributed by atoms with van der Waals surface area (Å²) in [6.45, 7) is 17.2. The first-order valence-electron chi connectivity index (χ1n) is 12.7. The van der Waals surface area contributed by atoms with E-state index in [2.05, 4.69) is 53.2 Å². The fourth-order valence-electron chi connectivity index (χ4n) is 5.49. The molecule has 0 spiro atoms. The number of likely N-dealkylation sites (tertiary alicyclic amines) is 3. The SMILES string of the molecule is CCNC(=NCC1(N2CCCCC2)CCN(C)CC1)NC1CCN(CC(C)C)CC1. The van der Waals surface area contributed by atoms with Crippen molar-refractivity contribution in [3.05, 3.63) is 0 Å². The molecule has 3 rings (SSSR count). The molecule has 3 aliphatic rings. The van der Waals surface area contributed by atoms with Crippen LogP contribution in [0.15, 0.2) is 4.99 Å². The number of piperidine rings is 3. The average Bonchev–Trinajstić information content (AvgIpc) is 2.75. The number of nitrogens with one attached hydrogen (secondary N) is 2. The second-order valence-corrected chi connectivity index (χ2v) is 10.4. The molecular weight excluding hydrogens is 372 g/mol. The largest absolute Gasteiger partial charge is 0.357 e. The molecule has 0 bridgehead atoms. The number of hydrogen-bond donors (Lipinski definition) is 2. The number of guanidine groups is 1. The quantitative estimate of drug-likeness (QED) is 0.490. The summed E-state index contributed by atoms with van der Waals surface area (Å²) in [5, 5.41) is 7.32. The highest BCUT2D eigenvalue weighted by Gasteiger charge is 2.39. The Labute approximate surface area is 185 Å². The molecule has 174 valence electrons. The minimum Gasteiger partial charge on any atom is -0.357 e. The Hall–Kier alpha value is -0.850. The van der Waals surface area contributed by atoms with Crippen LogP contribution in [0.4, 0.5) is 0 Å². The van der Waals surface area contributed by atoms with Gasteiger partial charge in [0.05, 0.1) is 6.54 Å². The van der Waals surface area contributed by atoms with Gasteiger partial charge in [-0.1, -0.05) is 20.3 Å². The summed E-state index contributed by atoms with van der Waals surface area (Å²) in [6, 6.07) is 0.551. The molecule has 3 fully saturated rings. The summed E-state index contributed by atoms with van der Waals surface area (Å²) in [4.78, 5) is 13.1. The van der Waals surface area contributed by atoms with Crippen molar-refractivity contribution in [1.82, 2.24) is 25.3 Å². The van der Waals surface area contributed by atoms with Gasteiger partial charge in [0.1, 0.15) is 0 Å². The Morgan fingerprint density at radius 3 is 2.27 bits per heavy atom. The van der Waals surface area contributed by atoms with Crippen molar-refractivity contribution in [1.29, 1.82) is 0 Å². The summed E-state index contributed by atoms with van der Waals surface area (Å²) < 4.78 is 0. The smallest absolute Gasteiger partial charge is 0.191 e. The molecule has 3 heterocycles. The fourth-order valence-corrected chi connectivity index (χ4v) is 5.49. The van der Waals surface area contributed by atoms with Gasteiger partial charge in [0.15, 0.2) is 5.96 Å². The van der Waals surface area contributed by atoms with E-state index < -0.39 is 0 Å². The number of nitrogens with zero attached hydrogens (tertiary/aromatic N) is 4. The average molecular weight is 421 g/mol. The van der Waals surface area contributed by atoms with Gasteiger partial charge in [-0.25, -0.2) is 0 Å². The van der Waals surface area contributed by atoms with E-state index in [9.17, 15) is 0 Å². The van der Waals surface area contributed by atoms with Gasteiger partial charge in [0, 0.05) is 37.8 Å². The Morgan fingerprint density at radius 2 is 1.67 bits per heavy atom. The summed E-state index contributed by atoms with van der Waals surface area (Å²) in [6.07, 6.45) is 9.05. The van der Waals surface area contributed by atoms with Gasteiger partial charge in [-0.2, -0.15) is 0 Å². The van der Waals surface area contributed by atoms with Crippen LogP contribution in [-0.4, -0.2) is 98.2 Å². The lowest BCUT2D eigenvalue weighted by atomic mass is 9.84. The third-order valence-corrected chi connectivity index (χ3v) is 7.37. The molecular formula is C24H48N6. The van der Waals surface area contributed by atoms with E-state index in [0.717, 1.165) is 25.0 Å². The highest BCUT2D eigenvalue weighted by molar-refractivity contribution is 5.80. The number of rotatable bonds is 7. The molecule has 0 aromatic heterocycles. The monoisotopic (exact) mass is 420 g/mol. The first kappa shape index (κ1) is 23.8. The zero-order valence-corrected chi connectivity index (χ0v) is 20.3. The Balaban J connectivity index is 1.60. The molecule has 0 amide bonds. The summed E-state index contributed by atoms with van der Waals surface area (Å²) >= 11 is 0. The summed E-state index contributed by atoms with van der Waals surface area (Å²) in [7, 11) is 2.26. The maximum atomic E-state index is 5.19. The molecule has 3 aliphatic heterocycles. The Bertz CT molecular complexity index is 512. The highest BCUT2D eigenvalue weighted by atomic mass is 15.3. The van der Waals surface area contributed by atoms with Crippen LogP contribution in [0.25, 0.3) is 0 Å². The lowest BCUT2D eigenvalue weighted by Gasteiger charge is -2.49. The zero-order valence-electron chi connectivity index (χ0n) is 20.3. The van der Waals surface area contributed by atoms with E-state index in [4.69, 9.17) is 4.99 Å². The molecule has 3 saturated heterocycles. The maximum absolute atomic E-state index is 5.19. The van der Waals surface area contributed by atoms with Crippen molar-refractivity contribution >= 4 is 5.96 Å². The van der Waals surface area contributed by atoms with Crippen molar-refractivity contribution in [2.24, 2.45) is 10.9 Å². The molecule has 0 aromatic rings. The maximum Gasteiger partial charge on any atom is 0.191 e. The predicted molar refractivity (Wildman–Crippen MR) is 128 cm³/mol. The van der Waals surface area contributed by atoms with E-state index in [1.54, 1.807) is 0 Å². The molecule has 0 aliphatic carbocycles. The van der Waals surface area contributed by atoms with Crippen LogP contribution < -0.4 is 10.6 Å². The van der Waals surface area contributed by atoms with Crippen LogP contribution >= 0.6 is 0 Å². The van der Waals surface area contributed by atoms with Crippen molar-refractivity contribution in [2.75, 3.05) is 66.0 Å². The van der Waals surface area contributed by atoms with Gasteiger partial charge in [-0.3, -0.25) is 9.89 Å². The first-order chi connectivity index (χ1) is 14.5. The Kier molecular flexibility index (Phi) is 9.27. The van der Waals surface area contributed by atoms with Gasteiger partial charge in [0.2, 0.25) is 0 Å². The van der Waals surface area contributed by atoms with Crippen LogP contribution in [0.5, 0.6) is 0 Å². The molecule has 6 nitrogen and oxygen atoms in total. The van der Waals surface area contributed by atoms with Gasteiger partial charge >= 0.3 is 0 Å². The second-order valence-electron chi connectivity index (χ2n) is 10.4. The summed E-state index contributed by atoms with van der Waals surface area (Å²) in [5.41, 5.74) is 0.260. The molecule has 0 aromatic carbocycles. The van der Waals surface area contributed by atoms with E-state index >= 15 is 0 Å². The van der Waals surface area contributed by atoms with Crippen LogP contribution in [0.3, 0.4) is 0 Å². The third kappa shape index (κ3) is 6.83. The molecule has 0 radical (unpaired) electrons. The van der Waals surface area contributed by atoms with E-state index in [-0.39, 0.29) is 5.54 Å². The van der Waals surface area contributed by atoms with Crippen molar-refractivity contribution in [3.8, 4) is 0 Å². The van der Waals surface area contributed by atoms with Gasteiger partial charge < -0.3 is 20.4 Å². The van der Waals surface area contributed by atoms with Gasteiger partial charge in [-0.05, 0) is 84.6 Å². The molecule has 6 heteroatoms. The molecule has 30 heavy (non-hydrogen) atoms. The van der Waals surface area contributed by atoms with Crippen LogP contribution in [-0.2, 0) is 0 Å². The zero-order chi connectivity index (χ0) is 21.4. The minimum atomic E-state index is 0.260. The molecule has 0 saturated carbocycles. The molecule has 0 atom stereocenters. The Morgan fingerprint density at radius 1 is 1.00 bits per heavy atom. The second kappa shape index (κ2) is 11.7. The van der Waals surface area contributed by atoms with Gasteiger partial charge in [0.25, 0.3) is 0 Å². The molecule has 0 unspecified atom stereocenters. The third-order valence-electron chi connectivity index (χ3n) is 7.37. The van der Waals surface area contributed by atoms with Crippen LogP contribution in [0.1, 0.15) is 65.7 Å². The standard InChI is InChI=1S/C24H48N6/c1-5-25-23(27-22-9-15-29(16-10-22)19-21(2)3)26-20-24(11-17-28(4)18-12-24)30-13-7-6-8-14-30/h21-22H,5-20H2,1-4H3,(H2,25,26,27). The normalized spacial score (nSPS) is 25.6. The molecule has 2 N–H and O–H groups in total. The fraction of sp³-hybridized carbons (Fsp3) is 0.958. The lowest BCUT2D eigenvalue weighted by Crippen LogP contribution is -2.58. The minimum absolute atomic E-state index is 0.260.